The topological polar surface area (TPSA) is 60.9 Å². The number of likely N-dealkylation sites (tertiary alicyclic amines) is 1. The smallest absolute Gasteiger partial charge is 0.214 e. The van der Waals surface area contributed by atoms with Gasteiger partial charge >= 0.3 is 0 Å². The Morgan fingerprint density at radius 3 is 2.43 bits per heavy atom. The molecule has 0 spiro atoms. The number of hydrogen-bond acceptors (Lipinski definition) is 4. The van der Waals surface area contributed by atoms with Crippen LogP contribution in [0.1, 0.15) is 11.1 Å². The molecule has 2 unspecified atom stereocenters. The summed E-state index contributed by atoms with van der Waals surface area (Å²) in [4.78, 5) is 2.12. The van der Waals surface area contributed by atoms with Crippen molar-refractivity contribution in [3.05, 3.63) is 35.4 Å². The van der Waals surface area contributed by atoms with Crippen LogP contribution >= 0.6 is 0 Å². The van der Waals surface area contributed by atoms with Crippen molar-refractivity contribution < 1.29 is 13.5 Å². The van der Waals surface area contributed by atoms with Crippen molar-refractivity contribution in [3.63, 3.8) is 0 Å². The first-order chi connectivity index (χ1) is 9.78. The van der Waals surface area contributed by atoms with Crippen molar-refractivity contribution in [1.82, 2.24) is 9.21 Å². The largest absolute Gasteiger partial charge is 0.391 e. The predicted octanol–water partition coefficient (Wildman–Crippen LogP) is 0.679. The normalized spacial score (nSPS) is 23.9. The number of nitrogens with zero attached hydrogens (tertiary/aromatic N) is 2. The quantitative estimate of drug-likeness (QED) is 0.868. The van der Waals surface area contributed by atoms with Crippen LogP contribution in [0.5, 0.6) is 0 Å². The number of β-amino-alcohol motifs (C(OH)–C–C–N with tert-alkyl or cyclic N) is 1. The molecule has 1 aliphatic heterocycles. The number of benzene rings is 1. The minimum absolute atomic E-state index is 0.00552. The fourth-order valence-corrected chi connectivity index (χ4v) is 3.77. The monoisotopic (exact) mass is 312 g/mol. The van der Waals surface area contributed by atoms with Gasteiger partial charge in [0.1, 0.15) is 0 Å². The number of hydrogen-bond donors (Lipinski definition) is 1. The van der Waals surface area contributed by atoms with Crippen molar-refractivity contribution in [1.29, 1.82) is 0 Å². The van der Waals surface area contributed by atoms with E-state index in [0.29, 0.717) is 13.1 Å². The third kappa shape index (κ3) is 4.26. The Balaban J connectivity index is 1.96. The van der Waals surface area contributed by atoms with Gasteiger partial charge in [-0.1, -0.05) is 29.8 Å². The van der Waals surface area contributed by atoms with Crippen LogP contribution < -0.4 is 0 Å². The van der Waals surface area contributed by atoms with E-state index in [1.54, 1.807) is 0 Å². The summed E-state index contributed by atoms with van der Waals surface area (Å²) < 4.78 is 25.1. The van der Waals surface area contributed by atoms with E-state index in [1.165, 1.54) is 29.5 Å². The van der Waals surface area contributed by atoms with Gasteiger partial charge in [0.15, 0.2) is 0 Å². The van der Waals surface area contributed by atoms with Gasteiger partial charge in [-0.3, -0.25) is 4.90 Å². The fourth-order valence-electron chi connectivity index (χ4n) is 2.61. The zero-order chi connectivity index (χ0) is 15.6. The lowest BCUT2D eigenvalue weighted by molar-refractivity contribution is 0.148. The Hall–Kier alpha value is -0.950. The number of sulfonamides is 1. The molecule has 1 N–H and O–H groups in total. The van der Waals surface area contributed by atoms with Gasteiger partial charge in [0.05, 0.1) is 11.9 Å². The summed E-state index contributed by atoms with van der Waals surface area (Å²) in [5, 5.41) is 10.1. The van der Waals surface area contributed by atoms with Crippen LogP contribution in [-0.4, -0.2) is 61.8 Å². The summed E-state index contributed by atoms with van der Waals surface area (Å²) in [5.74, 6) is -0.214. The van der Waals surface area contributed by atoms with E-state index in [2.05, 4.69) is 29.2 Å². The van der Waals surface area contributed by atoms with E-state index in [9.17, 15) is 13.5 Å². The van der Waals surface area contributed by atoms with Gasteiger partial charge in [0.2, 0.25) is 10.0 Å². The molecule has 0 aliphatic carbocycles. The second kappa shape index (κ2) is 6.44. The van der Waals surface area contributed by atoms with Crippen molar-refractivity contribution in [2.75, 3.05) is 32.9 Å². The molecule has 21 heavy (non-hydrogen) atoms. The van der Waals surface area contributed by atoms with Crippen LogP contribution in [-0.2, 0) is 16.6 Å². The van der Waals surface area contributed by atoms with Crippen LogP contribution in [0.15, 0.2) is 24.3 Å². The number of aryl methyl sites for hydroxylation is 1. The first kappa shape index (κ1) is 16.4. The zero-order valence-electron chi connectivity index (χ0n) is 12.9. The summed E-state index contributed by atoms with van der Waals surface area (Å²) >= 11 is 0. The van der Waals surface area contributed by atoms with Gasteiger partial charge in [-0.15, -0.1) is 0 Å². The molecule has 5 nitrogen and oxygen atoms in total. The van der Waals surface area contributed by atoms with Crippen LogP contribution in [0.4, 0.5) is 0 Å². The molecule has 1 heterocycles. The second-order valence-electron chi connectivity index (χ2n) is 6.07. The standard InChI is InChI=1S/C15H24N2O3S/c1-12-4-6-13(7-5-12)8-17-9-14(15(18)10-17)11-21(19,20)16(2)3/h4-7,14-15,18H,8-11H2,1-3H3. The van der Waals surface area contributed by atoms with Gasteiger partial charge in [-0.2, -0.15) is 0 Å². The Kier molecular flexibility index (Phi) is 5.03. The van der Waals surface area contributed by atoms with Gasteiger partial charge in [0.25, 0.3) is 0 Å². The molecular weight excluding hydrogens is 288 g/mol. The number of aliphatic hydroxyl groups is 1. The molecule has 6 heteroatoms. The minimum atomic E-state index is -3.27. The molecule has 0 amide bonds. The highest BCUT2D eigenvalue weighted by Crippen LogP contribution is 2.21. The number of rotatable bonds is 5. The Morgan fingerprint density at radius 2 is 1.86 bits per heavy atom. The zero-order valence-corrected chi connectivity index (χ0v) is 13.7. The average Bonchev–Trinajstić information content (AvgIpc) is 2.72. The maximum absolute atomic E-state index is 11.9. The highest BCUT2D eigenvalue weighted by Gasteiger charge is 2.35. The Labute approximate surface area is 127 Å². The molecule has 1 aromatic carbocycles. The summed E-state index contributed by atoms with van der Waals surface area (Å²) in [7, 11) is -0.213. The molecule has 118 valence electrons. The fraction of sp³-hybridized carbons (Fsp3) is 0.600. The van der Waals surface area contributed by atoms with E-state index >= 15 is 0 Å². The summed E-state index contributed by atoms with van der Waals surface area (Å²) in [6.07, 6.45) is -0.579. The maximum atomic E-state index is 11.9. The lowest BCUT2D eigenvalue weighted by atomic mass is 10.1. The first-order valence-electron chi connectivity index (χ1n) is 7.14. The van der Waals surface area contributed by atoms with E-state index in [0.717, 1.165) is 6.54 Å². The maximum Gasteiger partial charge on any atom is 0.214 e. The molecular formula is C15H24N2O3S. The van der Waals surface area contributed by atoms with Crippen LogP contribution in [0, 0.1) is 12.8 Å². The predicted molar refractivity (Wildman–Crippen MR) is 83.4 cm³/mol. The summed E-state index contributed by atoms with van der Waals surface area (Å²) in [6, 6.07) is 8.28. The molecule has 0 radical (unpaired) electrons. The minimum Gasteiger partial charge on any atom is -0.391 e. The van der Waals surface area contributed by atoms with E-state index < -0.39 is 16.1 Å². The summed E-state index contributed by atoms with van der Waals surface area (Å²) in [6.45, 7) is 3.94. The van der Waals surface area contributed by atoms with Crippen molar-refractivity contribution in [3.8, 4) is 0 Å². The molecule has 2 atom stereocenters. The van der Waals surface area contributed by atoms with Crippen molar-refractivity contribution >= 4 is 10.0 Å². The molecule has 1 fully saturated rings. The van der Waals surface area contributed by atoms with E-state index in [1.807, 2.05) is 6.92 Å². The van der Waals surface area contributed by atoms with Gasteiger partial charge < -0.3 is 5.11 Å². The van der Waals surface area contributed by atoms with E-state index in [-0.39, 0.29) is 11.7 Å². The SMILES string of the molecule is Cc1ccc(CN2CC(O)C(CS(=O)(=O)N(C)C)C2)cc1. The molecule has 0 bridgehead atoms. The Morgan fingerprint density at radius 1 is 1.24 bits per heavy atom. The third-order valence-electron chi connectivity index (χ3n) is 3.99. The molecule has 1 saturated heterocycles. The highest BCUT2D eigenvalue weighted by molar-refractivity contribution is 7.89. The average molecular weight is 312 g/mol. The molecule has 1 aromatic rings. The lowest BCUT2D eigenvalue weighted by Gasteiger charge is -2.18. The van der Waals surface area contributed by atoms with Crippen LogP contribution in [0.25, 0.3) is 0 Å². The van der Waals surface area contributed by atoms with Crippen molar-refractivity contribution in [2.45, 2.75) is 19.6 Å². The lowest BCUT2D eigenvalue weighted by Crippen LogP contribution is -2.33. The van der Waals surface area contributed by atoms with Gasteiger partial charge in [-0.05, 0) is 12.5 Å². The molecule has 2 rings (SSSR count). The Bertz CT molecular complexity index is 569. The second-order valence-corrected chi connectivity index (χ2v) is 8.30. The molecule has 0 aromatic heterocycles. The third-order valence-corrected chi connectivity index (χ3v) is 5.95. The van der Waals surface area contributed by atoms with Gasteiger partial charge in [0, 0.05) is 39.6 Å². The van der Waals surface area contributed by atoms with Crippen molar-refractivity contribution in [2.24, 2.45) is 5.92 Å². The van der Waals surface area contributed by atoms with E-state index in [4.69, 9.17) is 0 Å². The highest BCUT2D eigenvalue weighted by atomic mass is 32.2. The van der Waals surface area contributed by atoms with Crippen LogP contribution in [0.3, 0.4) is 0 Å². The van der Waals surface area contributed by atoms with Crippen LogP contribution in [0.2, 0.25) is 0 Å². The van der Waals surface area contributed by atoms with Gasteiger partial charge in [-0.25, -0.2) is 12.7 Å². The first-order valence-corrected chi connectivity index (χ1v) is 8.75. The summed E-state index contributed by atoms with van der Waals surface area (Å²) in [5.41, 5.74) is 2.40. The molecule has 1 aliphatic rings. The number of aliphatic hydroxyl groups excluding tert-OH is 1. The molecule has 0 saturated carbocycles.